The minimum atomic E-state index is 0.0144. The second kappa shape index (κ2) is 5.99. The summed E-state index contributed by atoms with van der Waals surface area (Å²) in [4.78, 5) is 0. The van der Waals surface area contributed by atoms with Gasteiger partial charge in [-0.1, -0.05) is 24.3 Å². The van der Waals surface area contributed by atoms with Gasteiger partial charge in [0, 0.05) is 5.56 Å². The molecule has 0 amide bonds. The molecule has 1 heterocycles. The molecule has 0 radical (unpaired) electrons. The molecule has 0 aliphatic carbocycles. The quantitative estimate of drug-likeness (QED) is 0.557. The number of ether oxygens (including phenoxy) is 1. The number of hydrogen-bond donors (Lipinski definition) is 2. The zero-order chi connectivity index (χ0) is 14.7. The lowest BCUT2D eigenvalue weighted by Crippen LogP contribution is -2.29. The fraction of sp³-hybridized carbons (Fsp3) is 0.176. The number of rotatable bonds is 5. The summed E-state index contributed by atoms with van der Waals surface area (Å²) in [6.45, 7) is 0. The van der Waals surface area contributed by atoms with Crippen LogP contribution in [0.25, 0.3) is 10.8 Å². The van der Waals surface area contributed by atoms with Gasteiger partial charge in [0.05, 0.1) is 25.7 Å². The maximum absolute atomic E-state index is 5.70. The van der Waals surface area contributed by atoms with Gasteiger partial charge < -0.3 is 9.15 Å². The van der Waals surface area contributed by atoms with Gasteiger partial charge in [0.15, 0.2) is 0 Å². The molecule has 1 unspecified atom stereocenters. The Morgan fingerprint density at radius 2 is 2.14 bits per heavy atom. The standard InChI is InChI=1S/C17H18N2O2/c1-20-15-6-5-12-3-2-4-13(16(12)10-15)9-17(19-18)14-7-8-21-11-14/h2-8,10-11,17,19H,9,18H2,1H3. The van der Waals surface area contributed by atoms with E-state index in [1.165, 1.54) is 16.3 Å². The van der Waals surface area contributed by atoms with E-state index in [0.29, 0.717) is 0 Å². The summed E-state index contributed by atoms with van der Waals surface area (Å²) in [6, 6.07) is 14.3. The highest BCUT2D eigenvalue weighted by Crippen LogP contribution is 2.27. The van der Waals surface area contributed by atoms with E-state index in [1.807, 2.05) is 12.1 Å². The second-order valence-electron chi connectivity index (χ2n) is 4.98. The van der Waals surface area contributed by atoms with Crippen LogP contribution in [0.2, 0.25) is 0 Å². The normalized spacial score (nSPS) is 12.5. The largest absolute Gasteiger partial charge is 0.497 e. The van der Waals surface area contributed by atoms with E-state index in [9.17, 15) is 0 Å². The minimum absolute atomic E-state index is 0.0144. The molecule has 0 bridgehead atoms. The van der Waals surface area contributed by atoms with Gasteiger partial charge in [-0.25, -0.2) is 0 Å². The molecule has 0 fully saturated rings. The Bertz CT molecular complexity index is 723. The molecule has 0 spiro atoms. The number of benzene rings is 2. The molecule has 0 saturated carbocycles. The van der Waals surface area contributed by atoms with Gasteiger partial charge in [0.1, 0.15) is 5.75 Å². The molecule has 3 N–H and O–H groups in total. The SMILES string of the molecule is COc1ccc2cccc(CC(NN)c3ccoc3)c2c1. The van der Waals surface area contributed by atoms with Crippen LogP contribution < -0.4 is 16.0 Å². The van der Waals surface area contributed by atoms with Crippen molar-refractivity contribution in [2.75, 3.05) is 7.11 Å². The first-order chi connectivity index (χ1) is 10.3. The van der Waals surface area contributed by atoms with E-state index in [4.69, 9.17) is 15.0 Å². The molecule has 4 heteroatoms. The first-order valence-corrected chi connectivity index (χ1v) is 6.85. The van der Waals surface area contributed by atoms with E-state index in [1.54, 1.807) is 19.6 Å². The molecule has 1 atom stereocenters. The summed E-state index contributed by atoms with van der Waals surface area (Å²) in [7, 11) is 1.68. The summed E-state index contributed by atoms with van der Waals surface area (Å²) < 4.78 is 10.5. The molecule has 3 rings (SSSR count). The topological polar surface area (TPSA) is 60.4 Å². The Kier molecular flexibility index (Phi) is 3.90. The van der Waals surface area contributed by atoms with Crippen LogP contribution in [0.5, 0.6) is 5.75 Å². The van der Waals surface area contributed by atoms with E-state index in [-0.39, 0.29) is 6.04 Å². The highest BCUT2D eigenvalue weighted by atomic mass is 16.5. The van der Waals surface area contributed by atoms with Crippen molar-refractivity contribution in [1.82, 2.24) is 5.43 Å². The Morgan fingerprint density at radius 3 is 2.86 bits per heavy atom. The number of furan rings is 1. The summed E-state index contributed by atoms with van der Waals surface area (Å²) in [5.41, 5.74) is 5.11. The summed E-state index contributed by atoms with van der Waals surface area (Å²) in [5, 5.41) is 2.37. The van der Waals surface area contributed by atoms with E-state index < -0.39 is 0 Å². The Hall–Kier alpha value is -2.30. The molecule has 4 nitrogen and oxygen atoms in total. The lowest BCUT2D eigenvalue weighted by Gasteiger charge is -2.16. The molecule has 3 aromatic rings. The molecule has 21 heavy (non-hydrogen) atoms. The average molecular weight is 282 g/mol. The first kappa shape index (κ1) is 13.7. The number of nitrogens with two attached hydrogens (primary N) is 1. The molecule has 108 valence electrons. The molecule has 0 aliphatic heterocycles. The number of nitrogens with one attached hydrogen (secondary N) is 1. The van der Waals surface area contributed by atoms with E-state index >= 15 is 0 Å². The van der Waals surface area contributed by atoms with Crippen LogP contribution in [0, 0.1) is 0 Å². The fourth-order valence-corrected chi connectivity index (χ4v) is 2.59. The van der Waals surface area contributed by atoms with Crippen LogP contribution in [-0.2, 0) is 6.42 Å². The van der Waals surface area contributed by atoms with Gasteiger partial charge in [-0.15, -0.1) is 0 Å². The lowest BCUT2D eigenvalue weighted by atomic mass is 9.96. The Labute approximate surface area is 123 Å². The molecular formula is C17H18N2O2. The Morgan fingerprint density at radius 1 is 1.24 bits per heavy atom. The first-order valence-electron chi connectivity index (χ1n) is 6.85. The molecule has 0 aliphatic rings. The minimum Gasteiger partial charge on any atom is -0.497 e. The number of methoxy groups -OCH3 is 1. The highest BCUT2D eigenvalue weighted by Gasteiger charge is 2.13. The summed E-state index contributed by atoms with van der Waals surface area (Å²) >= 11 is 0. The summed E-state index contributed by atoms with van der Waals surface area (Å²) in [6.07, 6.45) is 4.16. The van der Waals surface area contributed by atoms with Crippen molar-refractivity contribution in [3.05, 3.63) is 66.1 Å². The predicted molar refractivity (Wildman–Crippen MR) is 83.0 cm³/mol. The van der Waals surface area contributed by atoms with E-state index in [0.717, 1.165) is 17.7 Å². The van der Waals surface area contributed by atoms with Crippen LogP contribution in [-0.4, -0.2) is 7.11 Å². The predicted octanol–water partition coefficient (Wildman–Crippen LogP) is 3.19. The molecule has 2 aromatic carbocycles. The van der Waals surface area contributed by atoms with Crippen LogP contribution >= 0.6 is 0 Å². The third-order valence-electron chi connectivity index (χ3n) is 3.75. The van der Waals surface area contributed by atoms with Crippen molar-refractivity contribution < 1.29 is 9.15 Å². The average Bonchev–Trinajstić information content (AvgIpc) is 3.06. The second-order valence-corrected chi connectivity index (χ2v) is 4.98. The van der Waals surface area contributed by atoms with Crippen LogP contribution in [0.1, 0.15) is 17.2 Å². The maximum Gasteiger partial charge on any atom is 0.119 e. The number of hydrazine groups is 1. The van der Waals surface area contributed by atoms with Crippen LogP contribution in [0.15, 0.2) is 59.4 Å². The zero-order valence-corrected chi connectivity index (χ0v) is 11.9. The van der Waals surface area contributed by atoms with Crippen molar-refractivity contribution in [1.29, 1.82) is 0 Å². The maximum atomic E-state index is 5.70. The third kappa shape index (κ3) is 2.77. The molecule has 1 aromatic heterocycles. The van der Waals surface area contributed by atoms with Crippen molar-refractivity contribution in [3.63, 3.8) is 0 Å². The van der Waals surface area contributed by atoms with Gasteiger partial charge in [-0.3, -0.25) is 11.3 Å². The number of fused-ring (bicyclic) bond motifs is 1. The summed E-state index contributed by atoms with van der Waals surface area (Å²) in [5.74, 6) is 6.55. The lowest BCUT2D eigenvalue weighted by molar-refractivity contribution is 0.415. The van der Waals surface area contributed by atoms with Crippen LogP contribution in [0.3, 0.4) is 0 Å². The number of hydrogen-bond acceptors (Lipinski definition) is 4. The molecular weight excluding hydrogens is 264 g/mol. The molecule has 0 saturated heterocycles. The van der Waals surface area contributed by atoms with Gasteiger partial charge in [0.2, 0.25) is 0 Å². The van der Waals surface area contributed by atoms with Crippen molar-refractivity contribution in [3.8, 4) is 5.75 Å². The Balaban J connectivity index is 1.99. The smallest absolute Gasteiger partial charge is 0.119 e. The van der Waals surface area contributed by atoms with Crippen LogP contribution in [0.4, 0.5) is 0 Å². The highest BCUT2D eigenvalue weighted by molar-refractivity contribution is 5.87. The van der Waals surface area contributed by atoms with Gasteiger partial charge >= 0.3 is 0 Å². The monoisotopic (exact) mass is 282 g/mol. The van der Waals surface area contributed by atoms with Gasteiger partial charge in [0.25, 0.3) is 0 Å². The zero-order valence-electron chi connectivity index (χ0n) is 11.9. The van der Waals surface area contributed by atoms with E-state index in [2.05, 4.69) is 35.8 Å². The third-order valence-corrected chi connectivity index (χ3v) is 3.75. The van der Waals surface area contributed by atoms with Gasteiger partial charge in [-0.05, 0) is 41.0 Å². The fourth-order valence-electron chi connectivity index (χ4n) is 2.59. The van der Waals surface area contributed by atoms with Crippen molar-refractivity contribution >= 4 is 10.8 Å². The van der Waals surface area contributed by atoms with Crippen molar-refractivity contribution in [2.24, 2.45) is 5.84 Å². The van der Waals surface area contributed by atoms with Crippen molar-refractivity contribution in [2.45, 2.75) is 12.5 Å². The van der Waals surface area contributed by atoms with Gasteiger partial charge in [-0.2, -0.15) is 0 Å².